The Morgan fingerprint density at radius 2 is 1.95 bits per heavy atom. The number of hydrogen-bond acceptors (Lipinski definition) is 8. The van der Waals surface area contributed by atoms with E-state index in [4.69, 9.17) is 14.9 Å². The number of nitrogens with one attached hydrogen (secondary N) is 5. The number of alkyl halides is 3. The van der Waals surface area contributed by atoms with Crippen LogP contribution in [0.5, 0.6) is 0 Å². The molecule has 1 aromatic heterocycles. The maximum atomic E-state index is 13.4. The number of pyridine rings is 1. The highest BCUT2D eigenvalue weighted by atomic mass is 19.4. The van der Waals surface area contributed by atoms with Crippen molar-refractivity contribution in [3.05, 3.63) is 58.0 Å². The molecule has 3 rings (SSSR count). The van der Waals surface area contributed by atoms with Gasteiger partial charge in [0.2, 0.25) is 0 Å². The van der Waals surface area contributed by atoms with E-state index in [1.54, 1.807) is 33.8 Å². The van der Waals surface area contributed by atoms with Gasteiger partial charge >= 0.3 is 12.1 Å². The van der Waals surface area contributed by atoms with Gasteiger partial charge in [-0.1, -0.05) is 19.1 Å². The van der Waals surface area contributed by atoms with Crippen LogP contribution in [0.2, 0.25) is 0 Å². The Balaban J connectivity index is 1.79. The lowest BCUT2D eigenvalue weighted by Crippen LogP contribution is -2.50. The van der Waals surface area contributed by atoms with Crippen LogP contribution in [-0.4, -0.2) is 53.4 Å². The Labute approximate surface area is 236 Å². The minimum absolute atomic E-state index is 0.00529. The fraction of sp³-hybridized carbons (Fsp3) is 0.500. The van der Waals surface area contributed by atoms with E-state index in [1.165, 1.54) is 30.5 Å². The van der Waals surface area contributed by atoms with Crippen LogP contribution in [0.3, 0.4) is 0 Å². The average Bonchev–Trinajstić information content (AvgIpc) is 2.87. The van der Waals surface area contributed by atoms with Crippen LogP contribution >= 0.6 is 0 Å². The maximum Gasteiger partial charge on any atom is 0.407 e. The standard InChI is InChI=1S/C28H35F3N6O4/c1-5-34-22(28(29,30)31)17-6-8-18(9-7-17)36-23(33)21-19(11-15-35-24(21)38)37-27(13-14-32)12-10-20(40-16-27)25(39)41-26(2,3)4/h6-9,11,15,20,22,34H,5,10,12-13,16H2,1-4H3,(H2,33,36)(H2,35,37,38)/t20-,22?,27-/m0/s1. The quantitative estimate of drug-likeness (QED) is 0.165. The second kappa shape index (κ2) is 12.7. The topological polar surface area (TPSA) is 152 Å². The van der Waals surface area contributed by atoms with Crippen LogP contribution in [0.15, 0.2) is 41.3 Å². The van der Waals surface area contributed by atoms with Crippen LogP contribution in [0.25, 0.3) is 0 Å². The van der Waals surface area contributed by atoms with Crippen molar-refractivity contribution in [2.45, 2.75) is 76.4 Å². The number of aromatic nitrogens is 1. The van der Waals surface area contributed by atoms with E-state index in [2.05, 4.69) is 27.0 Å². The summed E-state index contributed by atoms with van der Waals surface area (Å²) in [6.07, 6.45) is -3.27. The zero-order chi connectivity index (χ0) is 30.4. The number of nitrogens with zero attached hydrogens (tertiary/aromatic N) is 1. The summed E-state index contributed by atoms with van der Waals surface area (Å²) in [5.41, 5.74) is -1.72. The Morgan fingerprint density at radius 1 is 1.27 bits per heavy atom. The summed E-state index contributed by atoms with van der Waals surface area (Å²) in [5.74, 6) is -0.805. The van der Waals surface area contributed by atoms with Crippen LogP contribution in [0.1, 0.15) is 64.1 Å². The van der Waals surface area contributed by atoms with Gasteiger partial charge in [-0.2, -0.15) is 18.4 Å². The van der Waals surface area contributed by atoms with Gasteiger partial charge in [0, 0.05) is 11.9 Å². The van der Waals surface area contributed by atoms with Crippen molar-refractivity contribution in [3.63, 3.8) is 0 Å². The van der Waals surface area contributed by atoms with Gasteiger partial charge in [-0.3, -0.25) is 10.2 Å². The monoisotopic (exact) mass is 576 g/mol. The zero-order valence-electron chi connectivity index (χ0n) is 23.4. The van der Waals surface area contributed by atoms with Crippen molar-refractivity contribution < 1.29 is 27.4 Å². The van der Waals surface area contributed by atoms with Gasteiger partial charge in [0.15, 0.2) is 6.10 Å². The van der Waals surface area contributed by atoms with Crippen molar-refractivity contribution in [2.24, 2.45) is 0 Å². The number of esters is 1. The molecule has 13 heteroatoms. The van der Waals surface area contributed by atoms with Gasteiger partial charge in [0.1, 0.15) is 23.0 Å². The molecule has 10 nitrogen and oxygen atoms in total. The van der Waals surface area contributed by atoms with Crippen LogP contribution < -0.4 is 21.5 Å². The lowest BCUT2D eigenvalue weighted by Gasteiger charge is -2.40. The number of aromatic amines is 1. The Kier molecular flexibility index (Phi) is 9.83. The molecule has 2 heterocycles. The predicted molar refractivity (Wildman–Crippen MR) is 148 cm³/mol. The predicted octanol–water partition coefficient (Wildman–Crippen LogP) is 4.61. The fourth-order valence-corrected chi connectivity index (χ4v) is 4.52. The Bertz CT molecular complexity index is 1320. The number of H-pyrrole nitrogens is 1. The molecule has 0 amide bonds. The molecule has 1 unspecified atom stereocenters. The third-order valence-corrected chi connectivity index (χ3v) is 6.39. The van der Waals surface area contributed by atoms with E-state index in [1.807, 2.05) is 0 Å². The van der Waals surface area contributed by atoms with Crippen LogP contribution in [0.4, 0.5) is 24.5 Å². The van der Waals surface area contributed by atoms with Gasteiger partial charge in [-0.25, -0.2) is 4.79 Å². The first-order valence-electron chi connectivity index (χ1n) is 13.2. The number of ether oxygens (including phenoxy) is 2. The van der Waals surface area contributed by atoms with Crippen LogP contribution in [-0.2, 0) is 14.3 Å². The number of anilines is 2. The number of rotatable bonds is 9. The molecule has 5 N–H and O–H groups in total. The lowest BCUT2D eigenvalue weighted by atomic mass is 9.86. The molecule has 2 aromatic rings. The number of amidine groups is 1. The molecule has 222 valence electrons. The molecule has 0 radical (unpaired) electrons. The third kappa shape index (κ3) is 8.31. The van der Waals surface area contributed by atoms with Gasteiger partial charge in [0.25, 0.3) is 5.56 Å². The van der Waals surface area contributed by atoms with E-state index in [0.29, 0.717) is 12.1 Å². The number of halogens is 3. The highest BCUT2D eigenvalue weighted by molar-refractivity contribution is 6.09. The summed E-state index contributed by atoms with van der Waals surface area (Å²) in [7, 11) is 0. The summed E-state index contributed by atoms with van der Waals surface area (Å²) < 4.78 is 51.4. The van der Waals surface area contributed by atoms with E-state index in [9.17, 15) is 28.0 Å². The fourth-order valence-electron chi connectivity index (χ4n) is 4.52. The van der Waals surface area contributed by atoms with Crippen LogP contribution in [0, 0.1) is 16.7 Å². The lowest BCUT2D eigenvalue weighted by molar-refractivity contribution is -0.173. The molecule has 0 aliphatic carbocycles. The first-order valence-corrected chi connectivity index (χ1v) is 13.2. The summed E-state index contributed by atoms with van der Waals surface area (Å²) >= 11 is 0. The highest BCUT2D eigenvalue weighted by Crippen LogP contribution is 2.34. The molecular formula is C28H35F3N6O4. The van der Waals surface area contributed by atoms with Gasteiger partial charge < -0.3 is 30.4 Å². The molecule has 1 aliphatic rings. The smallest absolute Gasteiger partial charge is 0.407 e. The van der Waals surface area contributed by atoms with Gasteiger partial charge in [0.05, 0.1) is 30.3 Å². The molecule has 1 aliphatic heterocycles. The molecular weight excluding hydrogens is 541 g/mol. The normalized spacial score (nSPS) is 20.0. The van der Waals surface area contributed by atoms with E-state index >= 15 is 0 Å². The number of carbonyl (C=O) groups is 1. The first-order chi connectivity index (χ1) is 19.2. The third-order valence-electron chi connectivity index (χ3n) is 6.39. The maximum absolute atomic E-state index is 13.4. The van der Waals surface area contributed by atoms with E-state index in [0.717, 1.165) is 0 Å². The summed E-state index contributed by atoms with van der Waals surface area (Å²) in [6.45, 7) is 6.95. The molecule has 1 saturated heterocycles. The second-order valence-electron chi connectivity index (χ2n) is 10.9. The van der Waals surface area contributed by atoms with Gasteiger partial charge in [-0.15, -0.1) is 0 Å². The van der Waals surface area contributed by atoms with E-state index < -0.39 is 41.0 Å². The van der Waals surface area contributed by atoms with Gasteiger partial charge in [-0.05, 0) is 63.9 Å². The summed E-state index contributed by atoms with van der Waals surface area (Å²) in [6, 6.07) is 7.21. The van der Waals surface area contributed by atoms with E-state index in [-0.39, 0.29) is 48.6 Å². The SMILES string of the molecule is CCNC(c1ccc(NC(=N)c2c(N[C@]3(CC#N)CC[C@@H](C(=O)OC(C)(C)C)OC3)cc[nH]c2=O)cc1)C(F)(F)F. The van der Waals surface area contributed by atoms with Crippen molar-refractivity contribution in [1.29, 1.82) is 10.7 Å². The molecule has 1 fully saturated rings. The minimum Gasteiger partial charge on any atom is -0.458 e. The Morgan fingerprint density at radius 3 is 2.49 bits per heavy atom. The Hall–Kier alpha value is -3.89. The highest BCUT2D eigenvalue weighted by Gasteiger charge is 2.41. The average molecular weight is 577 g/mol. The molecule has 0 spiro atoms. The molecule has 1 aromatic carbocycles. The largest absolute Gasteiger partial charge is 0.458 e. The summed E-state index contributed by atoms with van der Waals surface area (Å²) in [5, 5.41) is 26.5. The minimum atomic E-state index is -4.48. The molecule has 41 heavy (non-hydrogen) atoms. The number of nitriles is 1. The molecule has 0 saturated carbocycles. The number of carbonyl (C=O) groups excluding carboxylic acids is 1. The zero-order valence-corrected chi connectivity index (χ0v) is 23.4. The van der Waals surface area contributed by atoms with Crippen molar-refractivity contribution >= 4 is 23.2 Å². The van der Waals surface area contributed by atoms with Crippen molar-refractivity contribution in [2.75, 3.05) is 23.8 Å². The second-order valence-corrected chi connectivity index (χ2v) is 10.9. The first kappa shape index (κ1) is 31.6. The van der Waals surface area contributed by atoms with Crippen molar-refractivity contribution in [3.8, 4) is 6.07 Å². The summed E-state index contributed by atoms with van der Waals surface area (Å²) in [4.78, 5) is 27.8. The molecule has 0 bridgehead atoms. The number of hydrogen-bond donors (Lipinski definition) is 5. The molecule has 3 atom stereocenters. The number of benzene rings is 1. The van der Waals surface area contributed by atoms with Crippen molar-refractivity contribution in [1.82, 2.24) is 10.3 Å².